The standard InChI is InChI=1S/C17H18N6O3S/c1-10-4-2-6-12-13(10)21-17(27-12)22-16-14(23(24)25)15(19-9-20-16)18-8-11-5-3-7-26-11/h2,4,6,9,11H,3,5,7-8H2,1H3,(H2,18,19,20,21,22). The number of aryl methyl sites for hydroxylation is 1. The van der Waals surface area contributed by atoms with Gasteiger partial charge in [-0.1, -0.05) is 23.5 Å². The number of aromatic nitrogens is 3. The van der Waals surface area contributed by atoms with E-state index in [2.05, 4.69) is 25.6 Å². The van der Waals surface area contributed by atoms with Crippen molar-refractivity contribution in [1.82, 2.24) is 15.0 Å². The lowest BCUT2D eigenvalue weighted by Gasteiger charge is -2.12. The Kier molecular flexibility index (Phi) is 4.82. The molecule has 0 bridgehead atoms. The van der Waals surface area contributed by atoms with Gasteiger partial charge in [0.1, 0.15) is 6.33 Å². The van der Waals surface area contributed by atoms with Crippen molar-refractivity contribution in [2.45, 2.75) is 25.9 Å². The van der Waals surface area contributed by atoms with Crippen LogP contribution in [0.1, 0.15) is 18.4 Å². The SMILES string of the molecule is Cc1cccc2sc(Nc3ncnc(NCC4CCCO4)c3[N+](=O)[O-])nc12. The first-order chi connectivity index (χ1) is 13.1. The van der Waals surface area contributed by atoms with Crippen molar-refractivity contribution >= 4 is 44.0 Å². The lowest BCUT2D eigenvalue weighted by molar-refractivity contribution is -0.383. The van der Waals surface area contributed by atoms with Gasteiger partial charge in [-0.05, 0) is 31.4 Å². The molecule has 140 valence electrons. The molecule has 1 saturated heterocycles. The Balaban J connectivity index is 1.61. The number of benzene rings is 1. The first-order valence-corrected chi connectivity index (χ1v) is 9.41. The van der Waals surface area contributed by atoms with Crippen molar-refractivity contribution in [1.29, 1.82) is 0 Å². The molecule has 27 heavy (non-hydrogen) atoms. The molecule has 1 unspecified atom stereocenters. The Bertz CT molecular complexity index is 986. The highest BCUT2D eigenvalue weighted by atomic mass is 32.1. The number of nitrogens with zero attached hydrogens (tertiary/aromatic N) is 4. The second-order valence-electron chi connectivity index (χ2n) is 6.26. The van der Waals surface area contributed by atoms with Crippen LogP contribution >= 0.6 is 11.3 Å². The van der Waals surface area contributed by atoms with Crippen LogP contribution in [0.25, 0.3) is 10.2 Å². The van der Waals surface area contributed by atoms with Crippen LogP contribution in [0.5, 0.6) is 0 Å². The molecule has 0 spiro atoms. The minimum absolute atomic E-state index is 0.0446. The molecule has 2 aromatic heterocycles. The summed E-state index contributed by atoms with van der Waals surface area (Å²) in [6.07, 6.45) is 3.28. The van der Waals surface area contributed by atoms with Crippen LogP contribution in [0.4, 0.5) is 22.5 Å². The van der Waals surface area contributed by atoms with Gasteiger partial charge in [-0.3, -0.25) is 10.1 Å². The van der Waals surface area contributed by atoms with E-state index < -0.39 is 4.92 Å². The summed E-state index contributed by atoms with van der Waals surface area (Å²) in [6, 6.07) is 5.90. The van der Waals surface area contributed by atoms with Gasteiger partial charge < -0.3 is 15.4 Å². The summed E-state index contributed by atoms with van der Waals surface area (Å²) < 4.78 is 6.55. The quantitative estimate of drug-likeness (QED) is 0.487. The van der Waals surface area contributed by atoms with E-state index in [9.17, 15) is 10.1 Å². The van der Waals surface area contributed by atoms with Crippen LogP contribution in [0, 0.1) is 17.0 Å². The molecule has 1 atom stereocenters. The van der Waals surface area contributed by atoms with E-state index in [0.717, 1.165) is 35.2 Å². The predicted molar refractivity (Wildman–Crippen MR) is 104 cm³/mol. The molecule has 2 N–H and O–H groups in total. The minimum Gasteiger partial charge on any atom is -0.376 e. The minimum atomic E-state index is -0.487. The molecule has 1 fully saturated rings. The largest absolute Gasteiger partial charge is 0.376 e. The van der Waals surface area contributed by atoms with Crippen molar-refractivity contribution in [3.63, 3.8) is 0 Å². The van der Waals surface area contributed by atoms with Crippen molar-refractivity contribution < 1.29 is 9.66 Å². The third-order valence-electron chi connectivity index (χ3n) is 4.37. The van der Waals surface area contributed by atoms with Crippen LogP contribution in [0.2, 0.25) is 0 Å². The summed E-state index contributed by atoms with van der Waals surface area (Å²) in [5, 5.41) is 18.2. The molecular formula is C17H18N6O3S. The average molecular weight is 386 g/mol. The van der Waals surface area contributed by atoms with Gasteiger partial charge >= 0.3 is 5.69 Å². The highest BCUT2D eigenvalue weighted by Gasteiger charge is 2.25. The molecule has 4 rings (SSSR count). The monoisotopic (exact) mass is 386 g/mol. The highest BCUT2D eigenvalue weighted by molar-refractivity contribution is 7.22. The topological polar surface area (TPSA) is 115 Å². The fourth-order valence-corrected chi connectivity index (χ4v) is 3.97. The second kappa shape index (κ2) is 7.41. The van der Waals surface area contributed by atoms with Crippen LogP contribution < -0.4 is 10.6 Å². The van der Waals surface area contributed by atoms with Gasteiger partial charge in [-0.25, -0.2) is 15.0 Å². The molecule has 0 radical (unpaired) electrons. The van der Waals surface area contributed by atoms with Crippen LogP contribution in [-0.4, -0.2) is 39.1 Å². The van der Waals surface area contributed by atoms with Gasteiger partial charge in [0.2, 0.25) is 11.6 Å². The Labute approximate surface area is 159 Å². The van der Waals surface area contributed by atoms with Crippen molar-refractivity contribution in [2.75, 3.05) is 23.8 Å². The van der Waals surface area contributed by atoms with E-state index in [1.807, 2.05) is 25.1 Å². The van der Waals surface area contributed by atoms with Crippen molar-refractivity contribution in [3.8, 4) is 0 Å². The maximum Gasteiger partial charge on any atom is 0.353 e. The number of hydrogen-bond acceptors (Lipinski definition) is 9. The van der Waals surface area contributed by atoms with E-state index in [0.29, 0.717) is 11.7 Å². The van der Waals surface area contributed by atoms with E-state index in [1.54, 1.807) is 0 Å². The third kappa shape index (κ3) is 3.67. The van der Waals surface area contributed by atoms with Gasteiger partial charge in [0, 0.05) is 13.2 Å². The van der Waals surface area contributed by atoms with Gasteiger partial charge in [0.15, 0.2) is 5.13 Å². The van der Waals surface area contributed by atoms with Crippen LogP contribution in [0.15, 0.2) is 24.5 Å². The number of thiazole rings is 1. The number of nitro groups is 1. The Morgan fingerprint density at radius 3 is 2.96 bits per heavy atom. The zero-order chi connectivity index (χ0) is 18.8. The molecule has 3 heterocycles. The average Bonchev–Trinajstić information content (AvgIpc) is 3.29. The molecule has 1 aliphatic heterocycles. The Morgan fingerprint density at radius 1 is 1.37 bits per heavy atom. The zero-order valence-corrected chi connectivity index (χ0v) is 15.5. The molecule has 0 amide bonds. The maximum atomic E-state index is 11.7. The normalized spacial score (nSPS) is 16.6. The highest BCUT2D eigenvalue weighted by Crippen LogP contribution is 2.34. The number of ether oxygens (including phenoxy) is 1. The summed E-state index contributed by atoms with van der Waals surface area (Å²) in [5.74, 6) is 0.284. The van der Waals surface area contributed by atoms with Gasteiger partial charge in [0.25, 0.3) is 0 Å². The molecule has 0 saturated carbocycles. The first kappa shape index (κ1) is 17.6. The van der Waals surface area contributed by atoms with E-state index in [4.69, 9.17) is 4.74 Å². The first-order valence-electron chi connectivity index (χ1n) is 8.60. The lowest BCUT2D eigenvalue weighted by Crippen LogP contribution is -2.20. The van der Waals surface area contributed by atoms with Crippen molar-refractivity contribution in [3.05, 3.63) is 40.2 Å². The molecular weight excluding hydrogens is 368 g/mol. The van der Waals surface area contributed by atoms with Crippen LogP contribution in [-0.2, 0) is 4.74 Å². The summed E-state index contributed by atoms with van der Waals surface area (Å²) in [4.78, 5) is 23.8. The molecule has 1 aromatic carbocycles. The molecule has 0 aliphatic carbocycles. The maximum absolute atomic E-state index is 11.7. The fraction of sp³-hybridized carbons (Fsp3) is 0.353. The number of anilines is 3. The third-order valence-corrected chi connectivity index (χ3v) is 5.31. The summed E-state index contributed by atoms with van der Waals surface area (Å²) in [6.45, 7) is 3.17. The van der Waals surface area contributed by atoms with E-state index in [1.165, 1.54) is 17.7 Å². The molecule has 1 aliphatic rings. The summed E-state index contributed by atoms with van der Waals surface area (Å²) in [7, 11) is 0. The van der Waals surface area contributed by atoms with Crippen molar-refractivity contribution in [2.24, 2.45) is 0 Å². The number of rotatable bonds is 6. The predicted octanol–water partition coefficient (Wildman–Crippen LogP) is 3.64. The zero-order valence-electron chi connectivity index (χ0n) is 14.6. The molecule has 3 aromatic rings. The number of nitrogens with one attached hydrogen (secondary N) is 2. The van der Waals surface area contributed by atoms with E-state index in [-0.39, 0.29) is 23.4 Å². The van der Waals surface area contributed by atoms with Gasteiger partial charge in [-0.2, -0.15) is 0 Å². The number of para-hydroxylation sites is 1. The molecule has 10 heteroatoms. The van der Waals surface area contributed by atoms with E-state index >= 15 is 0 Å². The Morgan fingerprint density at radius 2 is 2.22 bits per heavy atom. The number of hydrogen-bond donors (Lipinski definition) is 2. The fourth-order valence-electron chi connectivity index (χ4n) is 3.03. The Hall–Kier alpha value is -2.85. The smallest absolute Gasteiger partial charge is 0.353 e. The number of fused-ring (bicyclic) bond motifs is 1. The summed E-state index contributed by atoms with van der Waals surface area (Å²) in [5.41, 5.74) is 1.72. The van der Waals surface area contributed by atoms with Crippen LogP contribution in [0.3, 0.4) is 0 Å². The second-order valence-corrected chi connectivity index (χ2v) is 7.29. The molecule has 9 nitrogen and oxygen atoms in total. The summed E-state index contributed by atoms with van der Waals surface area (Å²) >= 11 is 1.42. The van der Waals surface area contributed by atoms with Gasteiger partial charge in [-0.15, -0.1) is 0 Å². The lowest BCUT2D eigenvalue weighted by atomic mass is 10.2. The van der Waals surface area contributed by atoms with Gasteiger partial charge in [0.05, 0.1) is 21.2 Å².